The van der Waals surface area contributed by atoms with Crippen molar-refractivity contribution in [1.82, 2.24) is 14.9 Å². The smallest absolute Gasteiger partial charge is 0.352 e. The number of rotatable bonds is 8. The quantitative estimate of drug-likeness (QED) is 0.448. The molecular weight excluding hydrogens is 397 g/mol. The fourth-order valence-electron chi connectivity index (χ4n) is 2.50. The SMILES string of the molecule is COc1ccc(-c2nnsc2C(=O)OCCCNC(=O)c2cccc(F)c2)cc1. The Morgan fingerprint density at radius 3 is 2.69 bits per heavy atom. The summed E-state index contributed by atoms with van der Waals surface area (Å²) < 4.78 is 27.3. The molecule has 0 atom stereocenters. The minimum absolute atomic E-state index is 0.113. The lowest BCUT2D eigenvalue weighted by molar-refractivity contribution is 0.0507. The Morgan fingerprint density at radius 2 is 1.97 bits per heavy atom. The van der Waals surface area contributed by atoms with E-state index < -0.39 is 11.8 Å². The number of nitrogens with one attached hydrogen (secondary N) is 1. The Kier molecular flexibility index (Phi) is 6.85. The maximum Gasteiger partial charge on any atom is 0.352 e. The summed E-state index contributed by atoms with van der Waals surface area (Å²) in [6.45, 7) is 0.400. The minimum Gasteiger partial charge on any atom is -0.497 e. The molecule has 1 amide bonds. The van der Waals surface area contributed by atoms with Crippen molar-refractivity contribution in [3.63, 3.8) is 0 Å². The first-order chi connectivity index (χ1) is 14.1. The van der Waals surface area contributed by atoms with Crippen molar-refractivity contribution < 1.29 is 23.5 Å². The molecule has 0 aliphatic rings. The molecule has 3 rings (SSSR count). The second-order valence-corrected chi connectivity index (χ2v) is 6.69. The van der Waals surface area contributed by atoms with E-state index in [-0.39, 0.29) is 24.6 Å². The molecule has 1 N–H and O–H groups in total. The summed E-state index contributed by atoms with van der Waals surface area (Å²) in [5.41, 5.74) is 1.41. The number of halogens is 1. The zero-order valence-corrected chi connectivity index (χ0v) is 16.4. The summed E-state index contributed by atoms with van der Waals surface area (Å²) in [7, 11) is 1.57. The number of methoxy groups -OCH3 is 1. The lowest BCUT2D eigenvalue weighted by atomic mass is 10.1. The number of aromatic nitrogens is 2. The van der Waals surface area contributed by atoms with Crippen molar-refractivity contribution in [3.05, 3.63) is 64.8 Å². The maximum atomic E-state index is 13.1. The zero-order valence-electron chi connectivity index (χ0n) is 15.6. The van der Waals surface area contributed by atoms with Gasteiger partial charge in [-0.25, -0.2) is 9.18 Å². The molecule has 29 heavy (non-hydrogen) atoms. The molecule has 0 fully saturated rings. The predicted octanol–water partition coefficient (Wildman–Crippen LogP) is 3.33. The second kappa shape index (κ2) is 9.74. The van der Waals surface area contributed by atoms with Crippen molar-refractivity contribution in [1.29, 1.82) is 0 Å². The van der Waals surface area contributed by atoms with Crippen molar-refractivity contribution in [2.24, 2.45) is 0 Å². The zero-order chi connectivity index (χ0) is 20.6. The highest BCUT2D eigenvalue weighted by Gasteiger charge is 2.19. The molecule has 0 radical (unpaired) electrons. The second-order valence-electron chi connectivity index (χ2n) is 5.93. The first-order valence-electron chi connectivity index (χ1n) is 8.76. The Balaban J connectivity index is 1.48. The van der Waals surface area contributed by atoms with Gasteiger partial charge in [0, 0.05) is 17.7 Å². The Hall–Kier alpha value is -3.33. The molecular formula is C20H18FN3O4S. The van der Waals surface area contributed by atoms with Crippen LogP contribution in [-0.4, -0.2) is 41.7 Å². The molecule has 0 spiro atoms. The van der Waals surface area contributed by atoms with Gasteiger partial charge in [-0.2, -0.15) is 0 Å². The molecule has 9 heteroatoms. The van der Waals surface area contributed by atoms with Gasteiger partial charge in [0.05, 0.1) is 13.7 Å². The van der Waals surface area contributed by atoms with E-state index in [0.717, 1.165) is 23.2 Å². The van der Waals surface area contributed by atoms with E-state index >= 15 is 0 Å². The van der Waals surface area contributed by atoms with Gasteiger partial charge in [0.1, 0.15) is 17.3 Å². The van der Waals surface area contributed by atoms with Crippen LogP contribution in [0.2, 0.25) is 0 Å². The third-order valence-corrected chi connectivity index (χ3v) is 4.67. The Morgan fingerprint density at radius 1 is 1.17 bits per heavy atom. The van der Waals surface area contributed by atoms with E-state index in [2.05, 4.69) is 14.9 Å². The van der Waals surface area contributed by atoms with Crippen LogP contribution >= 0.6 is 11.5 Å². The Bertz CT molecular complexity index is 991. The van der Waals surface area contributed by atoms with E-state index in [0.29, 0.717) is 22.7 Å². The average Bonchev–Trinajstić information content (AvgIpc) is 3.23. The third-order valence-electron chi connectivity index (χ3n) is 3.96. The largest absolute Gasteiger partial charge is 0.497 e. The number of carbonyl (C=O) groups excluding carboxylic acids is 2. The van der Waals surface area contributed by atoms with E-state index in [1.807, 2.05) is 0 Å². The van der Waals surface area contributed by atoms with Gasteiger partial charge >= 0.3 is 5.97 Å². The van der Waals surface area contributed by atoms with E-state index in [1.54, 1.807) is 31.4 Å². The molecule has 2 aromatic carbocycles. The van der Waals surface area contributed by atoms with Crippen LogP contribution in [0.3, 0.4) is 0 Å². The molecule has 0 saturated heterocycles. The first-order valence-corrected chi connectivity index (χ1v) is 9.53. The highest BCUT2D eigenvalue weighted by molar-refractivity contribution is 7.08. The van der Waals surface area contributed by atoms with Crippen LogP contribution in [0, 0.1) is 5.82 Å². The molecule has 7 nitrogen and oxygen atoms in total. The minimum atomic E-state index is -0.526. The van der Waals surface area contributed by atoms with Crippen LogP contribution in [0.5, 0.6) is 5.75 Å². The number of benzene rings is 2. The van der Waals surface area contributed by atoms with Crippen LogP contribution in [-0.2, 0) is 4.74 Å². The van der Waals surface area contributed by atoms with Gasteiger partial charge in [-0.15, -0.1) is 5.10 Å². The fourth-order valence-corrected chi connectivity index (χ4v) is 3.08. The van der Waals surface area contributed by atoms with Crippen molar-refractivity contribution in [2.75, 3.05) is 20.3 Å². The van der Waals surface area contributed by atoms with Gasteiger partial charge in [-0.05, 0) is 60.4 Å². The van der Waals surface area contributed by atoms with Gasteiger partial charge in [0.2, 0.25) is 0 Å². The third kappa shape index (κ3) is 5.35. The normalized spacial score (nSPS) is 10.4. The van der Waals surface area contributed by atoms with Crippen molar-refractivity contribution in [3.8, 4) is 17.0 Å². The molecule has 150 valence electrons. The van der Waals surface area contributed by atoms with Gasteiger partial charge in [0.25, 0.3) is 5.91 Å². The van der Waals surface area contributed by atoms with E-state index in [4.69, 9.17) is 9.47 Å². The lowest BCUT2D eigenvalue weighted by Gasteiger charge is -2.07. The summed E-state index contributed by atoms with van der Waals surface area (Å²) in [4.78, 5) is 24.6. The van der Waals surface area contributed by atoms with Crippen LogP contribution in [0.1, 0.15) is 26.5 Å². The fraction of sp³-hybridized carbons (Fsp3) is 0.200. The lowest BCUT2D eigenvalue weighted by Crippen LogP contribution is -2.25. The number of ether oxygens (including phenoxy) is 2. The number of esters is 1. The van der Waals surface area contributed by atoms with E-state index in [1.165, 1.54) is 18.2 Å². The number of amides is 1. The highest BCUT2D eigenvalue weighted by Crippen LogP contribution is 2.26. The number of carbonyl (C=O) groups is 2. The first kappa shape index (κ1) is 20.4. The molecule has 0 bridgehead atoms. The van der Waals surface area contributed by atoms with Crippen molar-refractivity contribution in [2.45, 2.75) is 6.42 Å². The molecule has 0 unspecified atom stereocenters. The number of hydrogen-bond acceptors (Lipinski definition) is 7. The van der Waals surface area contributed by atoms with Gasteiger partial charge in [-0.1, -0.05) is 10.6 Å². The van der Waals surface area contributed by atoms with Crippen LogP contribution in [0.25, 0.3) is 11.3 Å². The standard InChI is InChI=1S/C20H18FN3O4S/c1-27-16-8-6-13(7-9-16)17-18(29-24-23-17)20(26)28-11-3-10-22-19(25)14-4-2-5-15(21)12-14/h2,4-9,12H,3,10-11H2,1H3,(H,22,25). The topological polar surface area (TPSA) is 90.4 Å². The molecule has 0 saturated carbocycles. The molecule has 0 aliphatic carbocycles. The van der Waals surface area contributed by atoms with Gasteiger partial charge < -0.3 is 14.8 Å². The molecule has 0 aliphatic heterocycles. The number of hydrogen-bond donors (Lipinski definition) is 1. The summed E-state index contributed by atoms with van der Waals surface area (Å²) in [6, 6.07) is 12.5. The average molecular weight is 415 g/mol. The highest BCUT2D eigenvalue weighted by atomic mass is 32.1. The molecule has 1 heterocycles. The maximum absolute atomic E-state index is 13.1. The van der Waals surface area contributed by atoms with E-state index in [9.17, 15) is 14.0 Å². The summed E-state index contributed by atoms with van der Waals surface area (Å²) in [5, 5.41) is 6.66. The summed E-state index contributed by atoms with van der Waals surface area (Å²) >= 11 is 0.958. The van der Waals surface area contributed by atoms with Crippen LogP contribution in [0.15, 0.2) is 48.5 Å². The van der Waals surface area contributed by atoms with Crippen LogP contribution in [0.4, 0.5) is 4.39 Å². The van der Waals surface area contributed by atoms with Gasteiger partial charge in [-0.3, -0.25) is 4.79 Å². The Labute approximate surface area is 170 Å². The molecule has 3 aromatic rings. The molecule has 1 aromatic heterocycles. The monoisotopic (exact) mass is 415 g/mol. The van der Waals surface area contributed by atoms with Gasteiger partial charge in [0.15, 0.2) is 4.88 Å². The van der Waals surface area contributed by atoms with Crippen molar-refractivity contribution >= 4 is 23.4 Å². The summed E-state index contributed by atoms with van der Waals surface area (Å²) in [6.07, 6.45) is 0.414. The van der Waals surface area contributed by atoms with Crippen LogP contribution < -0.4 is 10.1 Å². The predicted molar refractivity (Wildman–Crippen MR) is 106 cm³/mol. The summed E-state index contributed by atoms with van der Waals surface area (Å²) in [5.74, 6) is -0.690. The number of nitrogens with zero attached hydrogens (tertiary/aromatic N) is 2.